The van der Waals surface area contributed by atoms with Crippen molar-refractivity contribution >= 4 is 40.4 Å². The SMILES string of the molecule is O=C(c1sccc1Cl)N(CCCl)C1CCC1. The monoisotopic (exact) mass is 277 g/mol. The van der Waals surface area contributed by atoms with Gasteiger partial charge in [-0.3, -0.25) is 4.79 Å². The third-order valence-electron chi connectivity index (χ3n) is 2.91. The van der Waals surface area contributed by atoms with Gasteiger partial charge in [-0.2, -0.15) is 0 Å². The Balaban J connectivity index is 2.13. The van der Waals surface area contributed by atoms with Crippen LogP contribution in [0.5, 0.6) is 0 Å². The van der Waals surface area contributed by atoms with E-state index in [1.54, 1.807) is 6.07 Å². The lowest BCUT2D eigenvalue weighted by Crippen LogP contribution is -2.45. The molecule has 1 heterocycles. The number of alkyl halides is 1. The van der Waals surface area contributed by atoms with Crippen molar-refractivity contribution in [2.45, 2.75) is 25.3 Å². The van der Waals surface area contributed by atoms with Gasteiger partial charge in [0.15, 0.2) is 0 Å². The second kappa shape index (κ2) is 5.39. The number of rotatable bonds is 4. The van der Waals surface area contributed by atoms with E-state index in [-0.39, 0.29) is 5.91 Å². The molecule has 0 unspecified atom stereocenters. The standard InChI is InChI=1S/C11H13Cl2NOS/c12-5-6-14(8-2-1-3-8)11(15)10-9(13)4-7-16-10/h4,7-8H,1-3,5-6H2. The molecule has 2 nitrogen and oxygen atoms in total. The first-order valence-electron chi connectivity index (χ1n) is 5.34. The Labute approximate surface area is 109 Å². The lowest BCUT2D eigenvalue weighted by Gasteiger charge is -2.37. The predicted molar refractivity (Wildman–Crippen MR) is 68.7 cm³/mol. The van der Waals surface area contributed by atoms with Crippen LogP contribution < -0.4 is 0 Å². The summed E-state index contributed by atoms with van der Waals surface area (Å²) in [7, 11) is 0. The van der Waals surface area contributed by atoms with Crippen molar-refractivity contribution in [1.82, 2.24) is 4.90 Å². The molecule has 2 rings (SSSR count). The third kappa shape index (κ3) is 2.36. The van der Waals surface area contributed by atoms with Crippen LogP contribution in [-0.2, 0) is 0 Å². The molecular weight excluding hydrogens is 265 g/mol. The van der Waals surface area contributed by atoms with Crippen molar-refractivity contribution < 1.29 is 4.79 Å². The molecule has 1 amide bonds. The minimum Gasteiger partial charge on any atom is -0.334 e. The number of halogens is 2. The van der Waals surface area contributed by atoms with Gasteiger partial charge in [-0.1, -0.05) is 11.6 Å². The van der Waals surface area contributed by atoms with Gasteiger partial charge in [0.05, 0.1) is 5.02 Å². The average Bonchev–Trinajstić information content (AvgIpc) is 2.60. The maximum absolute atomic E-state index is 12.2. The van der Waals surface area contributed by atoms with Crippen molar-refractivity contribution in [1.29, 1.82) is 0 Å². The summed E-state index contributed by atoms with van der Waals surface area (Å²) in [5.74, 6) is 0.510. The zero-order valence-electron chi connectivity index (χ0n) is 8.79. The minimum atomic E-state index is 0.0327. The number of carbonyl (C=O) groups is 1. The average molecular weight is 278 g/mol. The Morgan fingerprint density at radius 3 is 2.75 bits per heavy atom. The molecule has 1 aromatic rings. The first kappa shape index (κ1) is 12.2. The quantitative estimate of drug-likeness (QED) is 0.770. The second-order valence-electron chi connectivity index (χ2n) is 3.87. The largest absolute Gasteiger partial charge is 0.334 e. The van der Waals surface area contributed by atoms with E-state index in [2.05, 4.69) is 0 Å². The first-order valence-corrected chi connectivity index (χ1v) is 7.13. The molecule has 0 spiro atoms. The van der Waals surface area contributed by atoms with Crippen LogP contribution >= 0.6 is 34.5 Å². The number of hydrogen-bond donors (Lipinski definition) is 0. The Kier molecular flexibility index (Phi) is 4.11. The number of hydrogen-bond acceptors (Lipinski definition) is 2. The lowest BCUT2D eigenvalue weighted by molar-refractivity contribution is 0.0603. The summed E-state index contributed by atoms with van der Waals surface area (Å²) in [6.07, 6.45) is 3.38. The smallest absolute Gasteiger partial charge is 0.265 e. The van der Waals surface area contributed by atoms with Gasteiger partial charge in [0.2, 0.25) is 0 Å². The molecule has 88 valence electrons. The molecule has 1 aliphatic carbocycles. The number of amides is 1. The van der Waals surface area contributed by atoms with E-state index in [4.69, 9.17) is 23.2 Å². The van der Waals surface area contributed by atoms with Crippen LogP contribution in [0, 0.1) is 0 Å². The van der Waals surface area contributed by atoms with Gasteiger partial charge in [-0.15, -0.1) is 22.9 Å². The van der Waals surface area contributed by atoms with E-state index in [1.165, 1.54) is 17.8 Å². The number of carbonyl (C=O) groups excluding carboxylic acids is 1. The van der Waals surface area contributed by atoms with Crippen LogP contribution in [0.25, 0.3) is 0 Å². The highest BCUT2D eigenvalue weighted by atomic mass is 35.5. The van der Waals surface area contributed by atoms with Gasteiger partial charge in [0, 0.05) is 18.5 Å². The molecule has 0 aliphatic heterocycles. The molecule has 0 atom stereocenters. The van der Waals surface area contributed by atoms with Crippen molar-refractivity contribution in [3.63, 3.8) is 0 Å². The van der Waals surface area contributed by atoms with E-state index in [9.17, 15) is 4.79 Å². The summed E-state index contributed by atoms with van der Waals surface area (Å²) in [6, 6.07) is 2.13. The maximum atomic E-state index is 12.2. The Morgan fingerprint density at radius 2 is 2.31 bits per heavy atom. The van der Waals surface area contributed by atoms with Crippen molar-refractivity contribution in [3.8, 4) is 0 Å². The maximum Gasteiger partial charge on any atom is 0.265 e. The van der Waals surface area contributed by atoms with Gasteiger partial charge in [-0.05, 0) is 30.7 Å². The molecule has 5 heteroatoms. The zero-order valence-corrected chi connectivity index (χ0v) is 11.1. The molecule has 1 aromatic heterocycles. The molecular formula is C11H13Cl2NOS. The zero-order chi connectivity index (χ0) is 11.5. The summed E-state index contributed by atoms with van der Waals surface area (Å²) >= 11 is 13.1. The van der Waals surface area contributed by atoms with Gasteiger partial charge in [0.25, 0.3) is 5.91 Å². The fourth-order valence-electron chi connectivity index (χ4n) is 1.82. The van der Waals surface area contributed by atoms with Crippen molar-refractivity contribution in [2.75, 3.05) is 12.4 Å². The normalized spacial score (nSPS) is 15.9. The molecule has 0 aromatic carbocycles. The van der Waals surface area contributed by atoms with Crippen LogP contribution in [0.15, 0.2) is 11.4 Å². The highest BCUT2D eigenvalue weighted by Crippen LogP contribution is 2.29. The van der Waals surface area contributed by atoms with Crippen LogP contribution in [0.3, 0.4) is 0 Å². The summed E-state index contributed by atoms with van der Waals surface area (Å²) in [6.45, 7) is 0.610. The summed E-state index contributed by atoms with van der Waals surface area (Å²) in [5.41, 5.74) is 0. The fourth-order valence-corrected chi connectivity index (χ4v) is 3.09. The number of nitrogens with zero attached hydrogens (tertiary/aromatic N) is 1. The molecule has 1 saturated carbocycles. The third-order valence-corrected chi connectivity index (χ3v) is 4.41. The second-order valence-corrected chi connectivity index (χ2v) is 5.57. The topological polar surface area (TPSA) is 20.3 Å². The van der Waals surface area contributed by atoms with E-state index >= 15 is 0 Å². The molecule has 1 fully saturated rings. The Morgan fingerprint density at radius 1 is 1.56 bits per heavy atom. The van der Waals surface area contributed by atoms with E-state index in [0.717, 1.165) is 12.8 Å². The van der Waals surface area contributed by atoms with Crippen LogP contribution in [0.2, 0.25) is 5.02 Å². The van der Waals surface area contributed by atoms with E-state index in [1.807, 2.05) is 10.3 Å². The summed E-state index contributed by atoms with van der Waals surface area (Å²) in [4.78, 5) is 14.8. The van der Waals surface area contributed by atoms with Crippen LogP contribution in [0.4, 0.5) is 0 Å². The predicted octanol–water partition coefficient (Wildman–Crippen LogP) is 3.64. The molecule has 0 saturated heterocycles. The highest BCUT2D eigenvalue weighted by molar-refractivity contribution is 7.12. The molecule has 0 bridgehead atoms. The first-order chi connectivity index (χ1) is 7.74. The van der Waals surface area contributed by atoms with E-state index in [0.29, 0.717) is 28.4 Å². The molecule has 16 heavy (non-hydrogen) atoms. The van der Waals surface area contributed by atoms with Crippen molar-refractivity contribution in [2.24, 2.45) is 0 Å². The summed E-state index contributed by atoms with van der Waals surface area (Å²) < 4.78 is 0. The Hall–Kier alpha value is -0.250. The summed E-state index contributed by atoms with van der Waals surface area (Å²) in [5, 5.41) is 2.39. The minimum absolute atomic E-state index is 0.0327. The highest BCUT2D eigenvalue weighted by Gasteiger charge is 2.30. The van der Waals surface area contributed by atoms with Gasteiger partial charge < -0.3 is 4.90 Å². The molecule has 0 radical (unpaired) electrons. The van der Waals surface area contributed by atoms with Gasteiger partial charge in [-0.25, -0.2) is 0 Å². The molecule has 1 aliphatic rings. The van der Waals surface area contributed by atoms with E-state index < -0.39 is 0 Å². The Bertz CT molecular complexity index is 376. The van der Waals surface area contributed by atoms with Crippen LogP contribution in [0.1, 0.15) is 28.9 Å². The van der Waals surface area contributed by atoms with Crippen LogP contribution in [-0.4, -0.2) is 29.3 Å². The molecule has 0 N–H and O–H groups in total. The van der Waals surface area contributed by atoms with Crippen molar-refractivity contribution in [3.05, 3.63) is 21.3 Å². The van der Waals surface area contributed by atoms with Gasteiger partial charge >= 0.3 is 0 Å². The lowest BCUT2D eigenvalue weighted by atomic mass is 9.91. The van der Waals surface area contributed by atoms with Gasteiger partial charge in [0.1, 0.15) is 4.88 Å². The fraction of sp³-hybridized carbons (Fsp3) is 0.545. The number of thiophene rings is 1.